The number of hydrogen-bond acceptors (Lipinski definition) is 3. The summed E-state index contributed by atoms with van der Waals surface area (Å²) in [5.74, 6) is -0.0442. The number of phenolic OH excluding ortho intramolecular Hbond substituents is 1. The lowest BCUT2D eigenvalue weighted by molar-refractivity contribution is 0.104. The molecular formula is C16H11ClN2O2. The van der Waals surface area contributed by atoms with E-state index in [1.165, 1.54) is 18.2 Å². The van der Waals surface area contributed by atoms with Crippen LogP contribution in [-0.2, 0) is 0 Å². The number of nitrogens with zero attached hydrogens (tertiary/aromatic N) is 2. The number of aromatic hydroxyl groups is 1. The number of pyridine rings is 1. The lowest BCUT2D eigenvalue weighted by atomic mass is 10.1. The zero-order chi connectivity index (χ0) is 14.8. The molecule has 3 rings (SSSR count). The van der Waals surface area contributed by atoms with E-state index >= 15 is 0 Å². The molecule has 2 heterocycles. The number of benzene rings is 1. The van der Waals surface area contributed by atoms with Crippen molar-refractivity contribution in [1.29, 1.82) is 0 Å². The first-order chi connectivity index (χ1) is 10.1. The lowest BCUT2D eigenvalue weighted by Crippen LogP contribution is -1.94. The Kier molecular flexibility index (Phi) is 3.46. The normalized spacial score (nSPS) is 11.3. The minimum absolute atomic E-state index is 0.125. The van der Waals surface area contributed by atoms with Crippen molar-refractivity contribution < 1.29 is 9.90 Å². The van der Waals surface area contributed by atoms with Crippen LogP contribution in [-0.4, -0.2) is 20.3 Å². The molecule has 0 saturated heterocycles. The standard InChI is InChI=1S/C16H11ClN2O2/c17-16-13(19-10-2-1-3-15(19)18-16)8-9-14(21)11-4-6-12(20)7-5-11/h1-10,20H. The topological polar surface area (TPSA) is 54.6 Å². The van der Waals surface area contributed by atoms with Gasteiger partial charge >= 0.3 is 0 Å². The van der Waals surface area contributed by atoms with Crippen molar-refractivity contribution in [2.45, 2.75) is 0 Å². The Morgan fingerprint density at radius 1 is 1.19 bits per heavy atom. The van der Waals surface area contributed by atoms with E-state index in [9.17, 15) is 9.90 Å². The van der Waals surface area contributed by atoms with Gasteiger partial charge in [0.05, 0.1) is 5.69 Å². The zero-order valence-electron chi connectivity index (χ0n) is 10.9. The molecule has 5 heteroatoms. The quantitative estimate of drug-likeness (QED) is 0.594. The Morgan fingerprint density at radius 2 is 1.95 bits per heavy atom. The highest BCUT2D eigenvalue weighted by Crippen LogP contribution is 2.19. The number of hydrogen-bond donors (Lipinski definition) is 1. The number of aromatic nitrogens is 2. The number of carbonyl (C=O) groups excluding carboxylic acids is 1. The van der Waals surface area contributed by atoms with Gasteiger partial charge in [-0.1, -0.05) is 17.7 Å². The second-order valence-electron chi connectivity index (χ2n) is 4.46. The van der Waals surface area contributed by atoms with Crippen molar-refractivity contribution in [3.63, 3.8) is 0 Å². The van der Waals surface area contributed by atoms with Crippen LogP contribution in [0.1, 0.15) is 16.1 Å². The molecule has 1 N–H and O–H groups in total. The molecule has 21 heavy (non-hydrogen) atoms. The third kappa shape index (κ3) is 2.66. The van der Waals surface area contributed by atoms with Crippen LogP contribution in [0.4, 0.5) is 0 Å². The van der Waals surface area contributed by atoms with Crippen LogP contribution in [0.3, 0.4) is 0 Å². The summed E-state index contributed by atoms with van der Waals surface area (Å²) in [6, 6.07) is 11.7. The van der Waals surface area contributed by atoms with E-state index in [2.05, 4.69) is 4.98 Å². The summed E-state index contributed by atoms with van der Waals surface area (Å²) in [5.41, 5.74) is 1.87. The average molecular weight is 299 g/mol. The molecule has 0 radical (unpaired) electrons. The molecule has 0 aliphatic heterocycles. The van der Waals surface area contributed by atoms with Crippen LogP contribution in [0.25, 0.3) is 11.7 Å². The summed E-state index contributed by atoms with van der Waals surface area (Å²) in [6.45, 7) is 0. The number of allylic oxidation sites excluding steroid dienone is 1. The maximum Gasteiger partial charge on any atom is 0.185 e. The second kappa shape index (κ2) is 5.42. The van der Waals surface area contributed by atoms with E-state index in [-0.39, 0.29) is 11.5 Å². The fourth-order valence-corrected chi connectivity index (χ4v) is 2.25. The monoisotopic (exact) mass is 298 g/mol. The van der Waals surface area contributed by atoms with Crippen LogP contribution in [0.15, 0.2) is 54.7 Å². The van der Waals surface area contributed by atoms with Gasteiger partial charge in [-0.25, -0.2) is 4.98 Å². The van der Waals surface area contributed by atoms with Crippen LogP contribution in [0.2, 0.25) is 5.15 Å². The Morgan fingerprint density at radius 3 is 2.71 bits per heavy atom. The molecule has 0 amide bonds. The van der Waals surface area contributed by atoms with Gasteiger partial charge < -0.3 is 5.11 Å². The van der Waals surface area contributed by atoms with Crippen molar-refractivity contribution in [3.8, 4) is 5.75 Å². The minimum Gasteiger partial charge on any atom is -0.508 e. The van der Waals surface area contributed by atoms with Crippen molar-refractivity contribution in [2.24, 2.45) is 0 Å². The molecule has 104 valence electrons. The largest absolute Gasteiger partial charge is 0.508 e. The SMILES string of the molecule is O=C(C=Cc1c(Cl)nc2ccccn12)c1ccc(O)cc1. The fourth-order valence-electron chi connectivity index (χ4n) is 2.01. The molecule has 4 nitrogen and oxygen atoms in total. The highest BCUT2D eigenvalue weighted by atomic mass is 35.5. The molecule has 0 fully saturated rings. The van der Waals surface area contributed by atoms with Gasteiger partial charge in [0, 0.05) is 11.8 Å². The first-order valence-electron chi connectivity index (χ1n) is 6.29. The first kappa shape index (κ1) is 13.4. The van der Waals surface area contributed by atoms with Crippen molar-refractivity contribution >= 4 is 29.1 Å². The Hall–Kier alpha value is -2.59. The van der Waals surface area contributed by atoms with Gasteiger partial charge in [-0.2, -0.15) is 0 Å². The summed E-state index contributed by atoms with van der Waals surface area (Å²) >= 11 is 6.09. The molecule has 0 unspecified atom stereocenters. The second-order valence-corrected chi connectivity index (χ2v) is 4.82. The van der Waals surface area contributed by atoms with Gasteiger partial charge in [-0.05, 0) is 48.6 Å². The summed E-state index contributed by atoms with van der Waals surface area (Å²) < 4.78 is 1.81. The Balaban J connectivity index is 1.92. The van der Waals surface area contributed by atoms with Crippen molar-refractivity contribution in [2.75, 3.05) is 0 Å². The molecule has 0 spiro atoms. The van der Waals surface area contributed by atoms with Crippen molar-refractivity contribution in [3.05, 3.63) is 71.1 Å². The van der Waals surface area contributed by atoms with Crippen LogP contribution in [0.5, 0.6) is 5.75 Å². The third-order valence-corrected chi connectivity index (χ3v) is 3.34. The number of rotatable bonds is 3. The fraction of sp³-hybridized carbons (Fsp3) is 0. The van der Waals surface area contributed by atoms with E-state index in [0.717, 1.165) is 5.65 Å². The molecule has 0 bridgehead atoms. The summed E-state index contributed by atoms with van der Waals surface area (Å²) in [6.07, 6.45) is 4.91. The molecule has 3 aromatic rings. The molecule has 2 aromatic heterocycles. The van der Waals surface area contributed by atoms with E-state index in [0.29, 0.717) is 16.4 Å². The van der Waals surface area contributed by atoms with Crippen molar-refractivity contribution in [1.82, 2.24) is 9.38 Å². The zero-order valence-corrected chi connectivity index (χ0v) is 11.7. The number of ketones is 1. The predicted molar refractivity (Wildman–Crippen MR) is 81.7 cm³/mol. The van der Waals surface area contributed by atoms with Gasteiger partial charge in [0.25, 0.3) is 0 Å². The lowest BCUT2D eigenvalue weighted by Gasteiger charge is -1.97. The maximum absolute atomic E-state index is 12.1. The van der Waals surface area contributed by atoms with Gasteiger partial charge in [-0.3, -0.25) is 9.20 Å². The van der Waals surface area contributed by atoms with E-state index < -0.39 is 0 Å². The number of fused-ring (bicyclic) bond motifs is 1. The highest BCUT2D eigenvalue weighted by Gasteiger charge is 2.08. The van der Waals surface area contributed by atoms with Gasteiger partial charge in [-0.15, -0.1) is 0 Å². The Bertz CT molecular complexity index is 835. The third-order valence-electron chi connectivity index (χ3n) is 3.07. The van der Waals surface area contributed by atoms with E-state index in [1.54, 1.807) is 18.2 Å². The number of carbonyl (C=O) groups is 1. The van der Waals surface area contributed by atoms with Gasteiger partial charge in [0.15, 0.2) is 10.9 Å². The molecule has 0 aliphatic rings. The van der Waals surface area contributed by atoms with Crippen LogP contribution in [0, 0.1) is 0 Å². The Labute approximate surface area is 125 Å². The highest BCUT2D eigenvalue weighted by molar-refractivity contribution is 6.31. The molecular weight excluding hydrogens is 288 g/mol. The summed E-state index contributed by atoms with van der Waals surface area (Å²) in [5, 5.41) is 9.56. The molecule has 0 aliphatic carbocycles. The molecule has 0 saturated carbocycles. The molecule has 0 atom stereocenters. The number of halogens is 1. The summed E-state index contributed by atoms with van der Waals surface area (Å²) in [7, 11) is 0. The van der Waals surface area contributed by atoms with Gasteiger partial charge in [0.2, 0.25) is 0 Å². The van der Waals surface area contributed by atoms with Gasteiger partial charge in [0.1, 0.15) is 11.4 Å². The van der Waals surface area contributed by atoms with Crippen LogP contribution < -0.4 is 0 Å². The van der Waals surface area contributed by atoms with E-state index in [1.807, 2.05) is 28.8 Å². The smallest absolute Gasteiger partial charge is 0.185 e. The summed E-state index contributed by atoms with van der Waals surface area (Å²) in [4.78, 5) is 16.3. The number of imidazole rings is 1. The van der Waals surface area contributed by atoms with E-state index in [4.69, 9.17) is 11.6 Å². The predicted octanol–water partition coefficient (Wildman–Crippen LogP) is 3.59. The number of phenols is 1. The van der Waals surface area contributed by atoms with Crippen LogP contribution >= 0.6 is 11.6 Å². The first-order valence-corrected chi connectivity index (χ1v) is 6.67. The molecule has 1 aromatic carbocycles. The maximum atomic E-state index is 12.1. The average Bonchev–Trinajstić information content (AvgIpc) is 2.81. The minimum atomic E-state index is -0.169.